The Kier molecular flexibility index (Phi) is 8.33. The van der Waals surface area contributed by atoms with E-state index in [1.807, 2.05) is 6.92 Å². The molecular formula is C14H24N2O5. The lowest BCUT2D eigenvalue weighted by atomic mass is 10.1. The molecule has 1 heterocycles. The molecule has 0 fully saturated rings. The van der Waals surface area contributed by atoms with Crippen LogP contribution in [0.25, 0.3) is 0 Å². The Morgan fingerprint density at radius 2 is 1.76 bits per heavy atom. The lowest BCUT2D eigenvalue weighted by Gasteiger charge is -2.15. The van der Waals surface area contributed by atoms with E-state index in [1.54, 1.807) is 12.4 Å². The van der Waals surface area contributed by atoms with Gasteiger partial charge < -0.3 is 25.2 Å². The van der Waals surface area contributed by atoms with Crippen LogP contribution in [0.4, 0.5) is 0 Å². The molecule has 0 amide bonds. The smallest absolute Gasteiger partial charge is 0.103 e. The molecule has 0 aromatic carbocycles. The summed E-state index contributed by atoms with van der Waals surface area (Å²) in [5.41, 5.74) is 1.37. The highest BCUT2D eigenvalue weighted by Gasteiger charge is 2.16. The predicted octanol–water partition coefficient (Wildman–Crippen LogP) is -0.937. The maximum absolute atomic E-state index is 9.58. The largest absolute Gasteiger partial charge is 0.394 e. The second-order valence-electron chi connectivity index (χ2n) is 4.96. The molecule has 120 valence electrons. The van der Waals surface area contributed by atoms with Gasteiger partial charge in [0.2, 0.25) is 0 Å². The molecule has 0 aliphatic heterocycles. The fourth-order valence-corrected chi connectivity index (χ4v) is 1.78. The van der Waals surface area contributed by atoms with Crippen LogP contribution in [-0.4, -0.2) is 68.5 Å². The van der Waals surface area contributed by atoms with Gasteiger partial charge in [-0.25, -0.2) is 0 Å². The molecule has 3 atom stereocenters. The maximum Gasteiger partial charge on any atom is 0.103 e. The van der Waals surface area contributed by atoms with Gasteiger partial charge in [0, 0.05) is 18.8 Å². The van der Waals surface area contributed by atoms with Gasteiger partial charge in [-0.1, -0.05) is 0 Å². The van der Waals surface area contributed by atoms with Gasteiger partial charge in [-0.2, -0.15) is 0 Å². The molecule has 7 heteroatoms. The average molecular weight is 300 g/mol. The van der Waals surface area contributed by atoms with Gasteiger partial charge in [-0.3, -0.25) is 9.97 Å². The molecule has 0 spiro atoms. The van der Waals surface area contributed by atoms with Gasteiger partial charge in [0.15, 0.2) is 0 Å². The number of ether oxygens (including phenoxy) is 1. The first-order chi connectivity index (χ1) is 10.1. The number of hydrogen-bond acceptors (Lipinski definition) is 7. The van der Waals surface area contributed by atoms with Gasteiger partial charge in [-0.15, -0.1) is 0 Å². The summed E-state index contributed by atoms with van der Waals surface area (Å²) >= 11 is 0. The Balaban J connectivity index is 2.39. The fourth-order valence-electron chi connectivity index (χ4n) is 1.78. The molecule has 7 nitrogen and oxygen atoms in total. The van der Waals surface area contributed by atoms with E-state index in [0.29, 0.717) is 18.7 Å². The van der Waals surface area contributed by atoms with E-state index in [4.69, 9.17) is 14.9 Å². The van der Waals surface area contributed by atoms with Gasteiger partial charge in [-0.05, 0) is 19.8 Å². The summed E-state index contributed by atoms with van der Waals surface area (Å²) in [5.74, 6) is 0. The molecule has 0 aliphatic carbocycles. The third kappa shape index (κ3) is 6.92. The van der Waals surface area contributed by atoms with Crippen molar-refractivity contribution in [2.24, 2.45) is 0 Å². The zero-order valence-corrected chi connectivity index (χ0v) is 12.2. The first kappa shape index (κ1) is 17.9. The fraction of sp³-hybridized carbons (Fsp3) is 0.714. The van der Waals surface area contributed by atoms with Gasteiger partial charge in [0.25, 0.3) is 0 Å². The summed E-state index contributed by atoms with van der Waals surface area (Å²) in [7, 11) is 0. The first-order valence-corrected chi connectivity index (χ1v) is 7.06. The molecule has 0 radical (unpaired) electrons. The van der Waals surface area contributed by atoms with Gasteiger partial charge in [0.05, 0.1) is 43.4 Å². The van der Waals surface area contributed by atoms with Crippen molar-refractivity contribution in [3.8, 4) is 0 Å². The zero-order valence-electron chi connectivity index (χ0n) is 12.2. The number of nitrogens with zero attached hydrogens (tertiary/aromatic N) is 2. The van der Waals surface area contributed by atoms with Crippen LogP contribution in [-0.2, 0) is 17.6 Å². The third-order valence-corrected chi connectivity index (χ3v) is 3.11. The lowest BCUT2D eigenvalue weighted by molar-refractivity contribution is -0.0137. The number of rotatable bonds is 10. The normalized spacial score (nSPS) is 15.7. The van der Waals surface area contributed by atoms with Crippen molar-refractivity contribution in [1.82, 2.24) is 9.97 Å². The van der Waals surface area contributed by atoms with Gasteiger partial charge in [0.1, 0.15) is 6.10 Å². The highest BCUT2D eigenvalue weighted by atomic mass is 16.5. The monoisotopic (exact) mass is 300 g/mol. The highest BCUT2D eigenvalue weighted by molar-refractivity contribution is 5.04. The Labute approximate surface area is 124 Å². The van der Waals surface area contributed by atoms with E-state index in [2.05, 4.69) is 9.97 Å². The van der Waals surface area contributed by atoms with Crippen LogP contribution >= 0.6 is 0 Å². The van der Waals surface area contributed by atoms with Crippen molar-refractivity contribution in [3.63, 3.8) is 0 Å². The van der Waals surface area contributed by atoms with Crippen LogP contribution in [0.15, 0.2) is 12.4 Å². The Hall–Kier alpha value is -1.12. The van der Waals surface area contributed by atoms with Crippen molar-refractivity contribution in [2.45, 2.75) is 44.5 Å². The summed E-state index contributed by atoms with van der Waals surface area (Å²) in [5, 5.41) is 36.3. The Morgan fingerprint density at radius 1 is 1.10 bits per heavy atom. The molecule has 21 heavy (non-hydrogen) atoms. The molecule has 1 aromatic rings. The second kappa shape index (κ2) is 9.75. The molecule has 4 N–H and O–H groups in total. The van der Waals surface area contributed by atoms with Gasteiger partial charge >= 0.3 is 0 Å². The van der Waals surface area contributed by atoms with Crippen molar-refractivity contribution >= 4 is 0 Å². The average Bonchev–Trinajstić information content (AvgIpc) is 2.51. The van der Waals surface area contributed by atoms with E-state index in [9.17, 15) is 10.2 Å². The van der Waals surface area contributed by atoms with E-state index >= 15 is 0 Å². The molecule has 1 rings (SSSR count). The minimum Gasteiger partial charge on any atom is -0.394 e. The summed E-state index contributed by atoms with van der Waals surface area (Å²) in [6, 6.07) is 0. The molecule has 0 unspecified atom stereocenters. The molecule has 1 aromatic heterocycles. The standard InChI is InChI=1S/C14H24N2O5/c1-10(21-5-4-17)2-3-11-7-16-12(8-15-11)6-13(19)14(20)9-18/h7-8,10,13-14,17-20H,2-6,9H2,1H3/t10-,13+,14-/m1/s1. The van der Waals surface area contributed by atoms with Crippen LogP contribution < -0.4 is 0 Å². The molecule has 0 saturated heterocycles. The number of hydrogen-bond donors (Lipinski definition) is 4. The van der Waals surface area contributed by atoms with E-state index in [1.165, 1.54) is 0 Å². The SMILES string of the molecule is C[C@H](CCc1cnc(C[C@H](O)[C@H](O)CO)cn1)OCCO. The van der Waals surface area contributed by atoms with Crippen molar-refractivity contribution < 1.29 is 25.2 Å². The predicted molar refractivity (Wildman–Crippen MR) is 75.7 cm³/mol. The van der Waals surface area contributed by atoms with Crippen LogP contribution in [0.3, 0.4) is 0 Å². The van der Waals surface area contributed by atoms with Crippen LogP contribution in [0.2, 0.25) is 0 Å². The Bertz CT molecular complexity index is 387. The summed E-state index contributed by atoms with van der Waals surface area (Å²) in [6.45, 7) is 1.79. The lowest BCUT2D eigenvalue weighted by Crippen LogP contribution is -2.31. The maximum atomic E-state index is 9.58. The highest BCUT2D eigenvalue weighted by Crippen LogP contribution is 2.07. The van der Waals surface area contributed by atoms with Crippen molar-refractivity contribution in [3.05, 3.63) is 23.8 Å². The quantitative estimate of drug-likeness (QED) is 0.441. The number of aliphatic hydroxyl groups excluding tert-OH is 4. The summed E-state index contributed by atoms with van der Waals surface area (Å²) < 4.78 is 5.35. The molecule has 0 saturated carbocycles. The van der Waals surface area contributed by atoms with Crippen molar-refractivity contribution in [2.75, 3.05) is 19.8 Å². The number of aliphatic hydroxyl groups is 4. The topological polar surface area (TPSA) is 116 Å². The molecule has 0 bridgehead atoms. The zero-order chi connectivity index (χ0) is 15.7. The summed E-state index contributed by atoms with van der Waals surface area (Å²) in [6.07, 6.45) is 2.64. The third-order valence-electron chi connectivity index (χ3n) is 3.11. The summed E-state index contributed by atoms with van der Waals surface area (Å²) in [4.78, 5) is 8.43. The minimum atomic E-state index is -1.17. The number of aryl methyl sites for hydroxylation is 1. The molecular weight excluding hydrogens is 276 g/mol. The van der Waals surface area contributed by atoms with Crippen molar-refractivity contribution in [1.29, 1.82) is 0 Å². The van der Waals surface area contributed by atoms with Crippen LogP contribution in [0.1, 0.15) is 24.7 Å². The van der Waals surface area contributed by atoms with Crippen LogP contribution in [0, 0.1) is 0 Å². The molecule has 0 aliphatic rings. The second-order valence-corrected chi connectivity index (χ2v) is 4.96. The van der Waals surface area contributed by atoms with E-state index in [0.717, 1.165) is 12.1 Å². The number of aromatic nitrogens is 2. The van der Waals surface area contributed by atoms with E-state index < -0.39 is 18.8 Å². The van der Waals surface area contributed by atoms with Crippen LogP contribution in [0.5, 0.6) is 0 Å². The van der Waals surface area contributed by atoms with E-state index in [-0.39, 0.29) is 19.1 Å². The Morgan fingerprint density at radius 3 is 2.33 bits per heavy atom. The first-order valence-electron chi connectivity index (χ1n) is 7.06. The minimum absolute atomic E-state index is 0.0147.